The van der Waals surface area contributed by atoms with Crippen molar-refractivity contribution in [2.45, 2.75) is 50.5 Å². The lowest BCUT2D eigenvalue weighted by atomic mass is 9.84. The van der Waals surface area contributed by atoms with Crippen LogP contribution in [0.5, 0.6) is 11.5 Å². The van der Waals surface area contributed by atoms with Crippen LogP contribution in [0.25, 0.3) is 0 Å². The predicted octanol–water partition coefficient (Wildman–Crippen LogP) is 2.50. The monoisotopic (exact) mass is 340 g/mol. The van der Waals surface area contributed by atoms with E-state index in [2.05, 4.69) is 19.2 Å². The highest BCUT2D eigenvalue weighted by Crippen LogP contribution is 2.36. The van der Waals surface area contributed by atoms with Gasteiger partial charge in [-0.1, -0.05) is 32.8 Å². The fourth-order valence-electron chi connectivity index (χ4n) is 3.13. The van der Waals surface area contributed by atoms with Crippen LogP contribution in [0.1, 0.15) is 45.1 Å². The summed E-state index contributed by atoms with van der Waals surface area (Å²) in [5.41, 5.74) is 6.42. The molecule has 1 aliphatic heterocycles. The van der Waals surface area contributed by atoms with Crippen molar-refractivity contribution < 1.29 is 14.3 Å². The number of nitrogens with one attached hydrogen (secondary N) is 1. The first-order chi connectivity index (χ1) is 10.4. The van der Waals surface area contributed by atoms with Gasteiger partial charge in [-0.2, -0.15) is 0 Å². The Morgan fingerprint density at radius 1 is 1.26 bits per heavy atom. The Kier molecular flexibility index (Phi) is 5.11. The van der Waals surface area contributed by atoms with Crippen molar-refractivity contribution in [3.8, 4) is 11.5 Å². The highest BCUT2D eigenvalue weighted by Gasteiger charge is 2.37. The largest absolute Gasteiger partial charge is 0.454 e. The number of fused-ring (bicyclic) bond motifs is 1. The van der Waals surface area contributed by atoms with Crippen molar-refractivity contribution in [2.75, 3.05) is 13.3 Å². The molecule has 6 heteroatoms. The number of carbonyl (C=O) groups is 1. The van der Waals surface area contributed by atoms with E-state index in [0.29, 0.717) is 6.54 Å². The molecule has 0 unspecified atom stereocenters. The van der Waals surface area contributed by atoms with Gasteiger partial charge < -0.3 is 20.5 Å². The zero-order valence-electron chi connectivity index (χ0n) is 13.7. The van der Waals surface area contributed by atoms with Gasteiger partial charge in [-0.25, -0.2) is 0 Å². The van der Waals surface area contributed by atoms with Crippen LogP contribution >= 0.6 is 12.4 Å². The Bertz CT molecular complexity index is 583. The van der Waals surface area contributed by atoms with Crippen LogP contribution in [-0.2, 0) is 10.2 Å². The topological polar surface area (TPSA) is 73.6 Å². The molecule has 0 aromatic heterocycles. The molecule has 1 heterocycles. The number of halogens is 1. The molecule has 1 aromatic rings. The molecule has 1 fully saturated rings. The maximum Gasteiger partial charge on any atom is 0.240 e. The lowest BCUT2D eigenvalue weighted by Gasteiger charge is -2.29. The molecule has 0 atom stereocenters. The van der Waals surface area contributed by atoms with E-state index >= 15 is 0 Å². The third-order valence-electron chi connectivity index (χ3n) is 4.79. The number of hydrogen-bond donors (Lipinski definition) is 2. The van der Waals surface area contributed by atoms with Gasteiger partial charge in [0.15, 0.2) is 11.5 Å². The summed E-state index contributed by atoms with van der Waals surface area (Å²) in [6.45, 7) is 5.02. The van der Waals surface area contributed by atoms with Gasteiger partial charge in [-0.15, -0.1) is 12.4 Å². The summed E-state index contributed by atoms with van der Waals surface area (Å²) >= 11 is 0. The summed E-state index contributed by atoms with van der Waals surface area (Å²) in [7, 11) is 0. The molecule has 3 rings (SSSR count). The normalized spacial score (nSPS) is 18.4. The van der Waals surface area contributed by atoms with Crippen LogP contribution in [0.3, 0.4) is 0 Å². The molecular formula is C17H25ClN2O3. The predicted molar refractivity (Wildman–Crippen MR) is 91.2 cm³/mol. The minimum atomic E-state index is -0.676. The van der Waals surface area contributed by atoms with Crippen LogP contribution in [0, 0.1) is 0 Å². The van der Waals surface area contributed by atoms with Gasteiger partial charge in [0.2, 0.25) is 12.7 Å². The Balaban J connectivity index is 0.00000192. The van der Waals surface area contributed by atoms with E-state index < -0.39 is 5.54 Å². The molecule has 0 saturated heterocycles. The molecular weight excluding hydrogens is 316 g/mol. The minimum Gasteiger partial charge on any atom is -0.454 e. The number of nitrogens with two attached hydrogens (primary N) is 1. The molecule has 0 spiro atoms. The minimum absolute atomic E-state index is 0. The lowest BCUT2D eigenvalue weighted by molar-refractivity contribution is -0.126. The lowest BCUT2D eigenvalue weighted by Crippen LogP contribution is -2.53. The van der Waals surface area contributed by atoms with Gasteiger partial charge in [-0.3, -0.25) is 4.79 Å². The Hall–Kier alpha value is -1.46. The number of rotatable bonds is 4. The first-order valence-electron chi connectivity index (χ1n) is 7.88. The number of benzene rings is 1. The van der Waals surface area contributed by atoms with Gasteiger partial charge in [0, 0.05) is 12.0 Å². The molecule has 0 radical (unpaired) electrons. The summed E-state index contributed by atoms with van der Waals surface area (Å²) in [5.74, 6) is 1.51. The number of hydrogen-bond acceptors (Lipinski definition) is 4. The highest BCUT2D eigenvalue weighted by molar-refractivity contribution is 5.86. The van der Waals surface area contributed by atoms with E-state index in [1.54, 1.807) is 0 Å². The fourth-order valence-corrected chi connectivity index (χ4v) is 3.13. The Morgan fingerprint density at radius 2 is 1.91 bits per heavy atom. The van der Waals surface area contributed by atoms with Crippen molar-refractivity contribution in [1.29, 1.82) is 0 Å². The SMILES string of the molecule is CC(C)(CNC(=O)C1(N)CCCC1)c1ccc2c(c1)OCO2.Cl. The Labute approximate surface area is 143 Å². The Morgan fingerprint density at radius 3 is 2.61 bits per heavy atom. The number of ether oxygens (including phenoxy) is 2. The molecule has 1 amide bonds. The first kappa shape index (κ1) is 17.9. The fraction of sp³-hybridized carbons (Fsp3) is 0.588. The standard InChI is InChI=1S/C17H24N2O3.ClH/c1-16(2,10-19-15(20)17(18)7-3-4-8-17)12-5-6-13-14(9-12)22-11-21-13;/h5-6,9H,3-4,7-8,10-11,18H2,1-2H3,(H,19,20);1H. The second kappa shape index (κ2) is 6.57. The molecule has 128 valence electrons. The zero-order valence-corrected chi connectivity index (χ0v) is 14.5. The van der Waals surface area contributed by atoms with Crippen LogP contribution in [0.4, 0.5) is 0 Å². The number of carbonyl (C=O) groups excluding carboxylic acids is 1. The zero-order chi connectivity index (χ0) is 15.8. The second-order valence-corrected chi connectivity index (χ2v) is 7.00. The third kappa shape index (κ3) is 3.56. The summed E-state index contributed by atoms with van der Waals surface area (Å²) in [6, 6.07) is 5.93. The van der Waals surface area contributed by atoms with Crippen LogP contribution < -0.4 is 20.5 Å². The molecule has 23 heavy (non-hydrogen) atoms. The van der Waals surface area contributed by atoms with Crippen molar-refractivity contribution in [3.63, 3.8) is 0 Å². The maximum atomic E-state index is 12.4. The molecule has 1 aliphatic carbocycles. The molecule has 2 aliphatic rings. The van der Waals surface area contributed by atoms with Crippen molar-refractivity contribution >= 4 is 18.3 Å². The van der Waals surface area contributed by atoms with Gasteiger partial charge in [0.1, 0.15) is 0 Å². The molecule has 1 saturated carbocycles. The molecule has 0 bridgehead atoms. The van der Waals surface area contributed by atoms with Crippen LogP contribution in [0.2, 0.25) is 0 Å². The van der Waals surface area contributed by atoms with Crippen molar-refractivity contribution in [3.05, 3.63) is 23.8 Å². The van der Waals surface area contributed by atoms with Gasteiger partial charge in [0.25, 0.3) is 0 Å². The average Bonchev–Trinajstić information content (AvgIpc) is 3.13. The van der Waals surface area contributed by atoms with E-state index in [-0.39, 0.29) is 30.5 Å². The number of amides is 1. The van der Waals surface area contributed by atoms with E-state index in [1.165, 1.54) is 0 Å². The summed E-state index contributed by atoms with van der Waals surface area (Å²) in [4.78, 5) is 12.4. The summed E-state index contributed by atoms with van der Waals surface area (Å²) in [6.07, 6.45) is 3.64. The van der Waals surface area contributed by atoms with Crippen LogP contribution in [-0.4, -0.2) is 24.8 Å². The first-order valence-corrected chi connectivity index (χ1v) is 7.88. The van der Waals surface area contributed by atoms with Crippen molar-refractivity contribution in [1.82, 2.24) is 5.32 Å². The maximum absolute atomic E-state index is 12.4. The van der Waals surface area contributed by atoms with Gasteiger partial charge in [-0.05, 0) is 30.5 Å². The van der Waals surface area contributed by atoms with Gasteiger partial charge in [0.05, 0.1) is 5.54 Å². The van der Waals surface area contributed by atoms with Crippen molar-refractivity contribution in [2.24, 2.45) is 5.73 Å². The summed E-state index contributed by atoms with van der Waals surface area (Å²) in [5, 5.41) is 3.04. The van der Waals surface area contributed by atoms with E-state index in [0.717, 1.165) is 42.7 Å². The smallest absolute Gasteiger partial charge is 0.240 e. The van der Waals surface area contributed by atoms with Gasteiger partial charge >= 0.3 is 0 Å². The van der Waals surface area contributed by atoms with E-state index in [1.807, 2.05) is 18.2 Å². The van der Waals surface area contributed by atoms with Crippen LogP contribution in [0.15, 0.2) is 18.2 Å². The molecule has 1 aromatic carbocycles. The molecule has 5 nitrogen and oxygen atoms in total. The average molecular weight is 341 g/mol. The molecule has 3 N–H and O–H groups in total. The highest BCUT2D eigenvalue weighted by atomic mass is 35.5. The van der Waals surface area contributed by atoms with E-state index in [9.17, 15) is 4.79 Å². The summed E-state index contributed by atoms with van der Waals surface area (Å²) < 4.78 is 10.8. The quantitative estimate of drug-likeness (QED) is 0.883. The third-order valence-corrected chi connectivity index (χ3v) is 4.79. The second-order valence-electron chi connectivity index (χ2n) is 7.00. The van der Waals surface area contributed by atoms with E-state index in [4.69, 9.17) is 15.2 Å².